The average molecular weight is 295 g/mol. The zero-order valence-electron chi connectivity index (χ0n) is 9.82. The van der Waals surface area contributed by atoms with Gasteiger partial charge in [-0.15, -0.1) is 0 Å². The van der Waals surface area contributed by atoms with E-state index in [4.69, 9.17) is 10.00 Å². The van der Waals surface area contributed by atoms with E-state index in [2.05, 4.69) is 33.0 Å². The van der Waals surface area contributed by atoms with Crippen LogP contribution in [0.3, 0.4) is 0 Å². The Labute approximate surface area is 110 Å². The molecule has 17 heavy (non-hydrogen) atoms. The number of ether oxygens (including phenoxy) is 1. The van der Waals surface area contributed by atoms with Crippen LogP contribution in [0, 0.1) is 16.7 Å². The third-order valence-corrected chi connectivity index (χ3v) is 3.74. The number of benzene rings is 1. The van der Waals surface area contributed by atoms with Crippen LogP contribution in [-0.2, 0) is 11.3 Å². The highest BCUT2D eigenvalue weighted by atomic mass is 79.9. The first kappa shape index (κ1) is 12.6. The van der Waals surface area contributed by atoms with Gasteiger partial charge in [-0.25, -0.2) is 0 Å². The van der Waals surface area contributed by atoms with E-state index in [0.29, 0.717) is 13.2 Å². The molecule has 0 bridgehead atoms. The first-order valence-electron chi connectivity index (χ1n) is 5.56. The molecule has 3 nitrogen and oxygen atoms in total. The summed E-state index contributed by atoms with van der Waals surface area (Å²) >= 11 is 3.54. The fourth-order valence-corrected chi connectivity index (χ4v) is 2.44. The molecule has 0 unspecified atom stereocenters. The van der Waals surface area contributed by atoms with Crippen molar-refractivity contribution in [3.63, 3.8) is 0 Å². The number of hydrogen-bond donors (Lipinski definition) is 0. The Hall–Kier alpha value is -0.890. The zero-order valence-corrected chi connectivity index (χ0v) is 11.4. The van der Waals surface area contributed by atoms with E-state index in [1.54, 1.807) is 0 Å². The monoisotopic (exact) mass is 294 g/mol. The summed E-state index contributed by atoms with van der Waals surface area (Å²) in [6, 6.07) is 10.5. The summed E-state index contributed by atoms with van der Waals surface area (Å²) in [6.07, 6.45) is 0. The van der Waals surface area contributed by atoms with Crippen LogP contribution in [0.5, 0.6) is 0 Å². The highest BCUT2D eigenvalue weighted by molar-refractivity contribution is 9.10. The first-order chi connectivity index (χ1) is 8.15. The minimum absolute atomic E-state index is 0.296. The Morgan fingerprint density at radius 1 is 1.47 bits per heavy atom. The predicted octanol–water partition coefficient (Wildman–Crippen LogP) is 2.42. The minimum atomic E-state index is -0.296. The second kappa shape index (κ2) is 5.18. The molecule has 0 aliphatic carbocycles. The van der Waals surface area contributed by atoms with Gasteiger partial charge in [0.15, 0.2) is 0 Å². The molecule has 1 aromatic rings. The summed E-state index contributed by atoms with van der Waals surface area (Å²) in [4.78, 5) is 2.17. The van der Waals surface area contributed by atoms with Gasteiger partial charge in [0, 0.05) is 17.6 Å². The van der Waals surface area contributed by atoms with Gasteiger partial charge in [-0.05, 0) is 18.7 Å². The second-order valence-corrected chi connectivity index (χ2v) is 5.50. The average Bonchev–Trinajstić information content (AvgIpc) is 2.27. The molecule has 0 amide bonds. The van der Waals surface area contributed by atoms with Crippen LogP contribution < -0.4 is 0 Å². The molecule has 0 spiro atoms. The zero-order chi connectivity index (χ0) is 12.3. The van der Waals surface area contributed by atoms with Gasteiger partial charge in [-0.1, -0.05) is 34.1 Å². The molecule has 1 fully saturated rings. The molecule has 90 valence electrons. The van der Waals surface area contributed by atoms with Crippen LogP contribution in [0.1, 0.15) is 5.56 Å². The standard InChI is InChI=1S/C13H15BrN2O/c1-16(8-13(7-15)9-17-10-13)6-11-4-2-3-5-12(11)14/h2-5H,6,8-10H2,1H3. The molecule has 2 rings (SSSR count). The summed E-state index contributed by atoms with van der Waals surface area (Å²) in [7, 11) is 2.04. The van der Waals surface area contributed by atoms with E-state index in [-0.39, 0.29) is 5.41 Å². The van der Waals surface area contributed by atoms with Crippen LogP contribution in [0.15, 0.2) is 28.7 Å². The fraction of sp³-hybridized carbons (Fsp3) is 0.462. The smallest absolute Gasteiger partial charge is 0.116 e. The number of hydrogen-bond acceptors (Lipinski definition) is 3. The maximum atomic E-state index is 9.14. The topological polar surface area (TPSA) is 36.3 Å². The van der Waals surface area contributed by atoms with E-state index < -0.39 is 0 Å². The lowest BCUT2D eigenvalue weighted by Crippen LogP contribution is -2.48. The van der Waals surface area contributed by atoms with Gasteiger partial charge in [0.2, 0.25) is 0 Å². The molecule has 4 heteroatoms. The lowest BCUT2D eigenvalue weighted by Gasteiger charge is -2.38. The maximum absolute atomic E-state index is 9.14. The molecular formula is C13H15BrN2O. The van der Waals surface area contributed by atoms with Gasteiger partial charge in [-0.3, -0.25) is 0 Å². The summed E-state index contributed by atoms with van der Waals surface area (Å²) < 4.78 is 6.26. The van der Waals surface area contributed by atoms with Gasteiger partial charge in [0.1, 0.15) is 5.41 Å². The third kappa shape index (κ3) is 2.86. The summed E-state index contributed by atoms with van der Waals surface area (Å²) in [5.41, 5.74) is 0.944. The SMILES string of the molecule is CN(Cc1ccccc1Br)CC1(C#N)COC1. The predicted molar refractivity (Wildman–Crippen MR) is 69.3 cm³/mol. The van der Waals surface area contributed by atoms with Crippen molar-refractivity contribution in [1.29, 1.82) is 5.26 Å². The number of nitrogens with zero attached hydrogens (tertiary/aromatic N) is 2. The number of nitriles is 1. The van der Waals surface area contributed by atoms with E-state index in [1.165, 1.54) is 5.56 Å². The molecule has 1 aliphatic rings. The van der Waals surface area contributed by atoms with E-state index in [0.717, 1.165) is 17.6 Å². The van der Waals surface area contributed by atoms with Crippen LogP contribution in [0.25, 0.3) is 0 Å². The highest BCUT2D eigenvalue weighted by Crippen LogP contribution is 2.28. The molecule has 0 atom stereocenters. The first-order valence-corrected chi connectivity index (χ1v) is 6.35. The van der Waals surface area contributed by atoms with Crippen LogP contribution >= 0.6 is 15.9 Å². The Balaban J connectivity index is 1.96. The maximum Gasteiger partial charge on any atom is 0.116 e. The molecule has 1 aromatic carbocycles. The van der Waals surface area contributed by atoms with E-state index in [9.17, 15) is 0 Å². The molecule has 0 aromatic heterocycles. The lowest BCUT2D eigenvalue weighted by molar-refractivity contribution is -0.0895. The highest BCUT2D eigenvalue weighted by Gasteiger charge is 2.39. The van der Waals surface area contributed by atoms with Gasteiger partial charge >= 0.3 is 0 Å². The Bertz CT molecular complexity index is 437. The largest absolute Gasteiger partial charge is 0.378 e. The summed E-state index contributed by atoms with van der Waals surface area (Å²) in [5.74, 6) is 0. The van der Waals surface area contributed by atoms with Crippen molar-refractivity contribution in [2.45, 2.75) is 6.54 Å². The van der Waals surface area contributed by atoms with Gasteiger partial charge in [0.25, 0.3) is 0 Å². The number of halogens is 1. The Morgan fingerprint density at radius 3 is 2.71 bits per heavy atom. The summed E-state index contributed by atoms with van der Waals surface area (Å²) in [6.45, 7) is 2.71. The van der Waals surface area contributed by atoms with Gasteiger partial charge in [-0.2, -0.15) is 5.26 Å². The van der Waals surface area contributed by atoms with Crippen LogP contribution in [0.4, 0.5) is 0 Å². The van der Waals surface area contributed by atoms with Crippen molar-refractivity contribution < 1.29 is 4.74 Å². The van der Waals surface area contributed by atoms with Crippen LogP contribution in [-0.4, -0.2) is 31.7 Å². The van der Waals surface area contributed by atoms with Crippen molar-refractivity contribution in [3.8, 4) is 6.07 Å². The molecule has 0 radical (unpaired) electrons. The fourth-order valence-electron chi connectivity index (χ4n) is 2.03. The molecule has 1 aliphatic heterocycles. The normalized spacial score (nSPS) is 17.5. The third-order valence-electron chi connectivity index (χ3n) is 2.96. The molecular weight excluding hydrogens is 280 g/mol. The quantitative estimate of drug-likeness (QED) is 0.856. The number of rotatable bonds is 4. The molecule has 0 saturated carbocycles. The van der Waals surface area contributed by atoms with Crippen molar-refractivity contribution in [2.24, 2.45) is 5.41 Å². The molecule has 1 heterocycles. The van der Waals surface area contributed by atoms with Crippen molar-refractivity contribution in [1.82, 2.24) is 4.90 Å². The lowest BCUT2D eigenvalue weighted by atomic mass is 9.87. The minimum Gasteiger partial charge on any atom is -0.378 e. The molecule has 1 saturated heterocycles. The second-order valence-electron chi connectivity index (χ2n) is 4.65. The van der Waals surface area contributed by atoms with E-state index >= 15 is 0 Å². The Kier molecular flexibility index (Phi) is 3.82. The van der Waals surface area contributed by atoms with Crippen molar-refractivity contribution >= 4 is 15.9 Å². The van der Waals surface area contributed by atoms with Gasteiger partial charge < -0.3 is 9.64 Å². The van der Waals surface area contributed by atoms with Crippen LogP contribution in [0.2, 0.25) is 0 Å². The Morgan fingerprint density at radius 2 is 2.18 bits per heavy atom. The molecule has 0 N–H and O–H groups in total. The van der Waals surface area contributed by atoms with Crippen molar-refractivity contribution in [3.05, 3.63) is 34.3 Å². The van der Waals surface area contributed by atoms with Crippen molar-refractivity contribution in [2.75, 3.05) is 26.8 Å². The summed E-state index contributed by atoms with van der Waals surface area (Å²) in [5, 5.41) is 9.14. The van der Waals surface area contributed by atoms with E-state index in [1.807, 2.05) is 25.2 Å². The van der Waals surface area contributed by atoms with Gasteiger partial charge in [0.05, 0.1) is 19.3 Å².